The third-order valence-corrected chi connectivity index (χ3v) is 9.00. The van der Waals surface area contributed by atoms with Crippen molar-refractivity contribution in [2.75, 3.05) is 16.8 Å². The highest BCUT2D eigenvalue weighted by Crippen LogP contribution is 2.38. The van der Waals surface area contributed by atoms with Crippen LogP contribution < -0.4 is 16.0 Å². The zero-order chi connectivity index (χ0) is 30.5. The Morgan fingerprint density at radius 3 is 2.20 bits per heavy atom. The predicted molar refractivity (Wildman–Crippen MR) is 182 cm³/mol. The van der Waals surface area contributed by atoms with Crippen LogP contribution in [0.5, 0.6) is 0 Å². The molecule has 1 unspecified atom stereocenters. The standard InChI is InChI=1S/C38H43N5O/c1-27(2)35(39)25-40-31-21-23-32(24-22-31)43-36-20-12-11-19-34(36)37(29-15-7-4-8-16-29)41-42(38(43)44)26-30-17-9-10-18-33(30)28-13-5-3-6-14-28/h3,5-6,9-14,17-24,27,29,35,40H,4,7-8,15-16,25-26,39H2,1-2H3. The average Bonchev–Trinajstić information content (AvgIpc) is 3.19. The molecule has 0 saturated heterocycles. The number of urea groups is 1. The predicted octanol–water partition coefficient (Wildman–Crippen LogP) is 8.81. The van der Waals surface area contributed by atoms with E-state index in [1.54, 1.807) is 5.01 Å². The van der Waals surface area contributed by atoms with Gasteiger partial charge in [0.05, 0.1) is 23.6 Å². The van der Waals surface area contributed by atoms with Gasteiger partial charge in [0.15, 0.2) is 0 Å². The number of nitrogens with one attached hydrogen (secondary N) is 1. The number of hydrazone groups is 1. The molecule has 2 amide bonds. The van der Waals surface area contributed by atoms with Crippen LogP contribution in [0.1, 0.15) is 57.1 Å². The lowest BCUT2D eigenvalue weighted by molar-refractivity contribution is 0.207. The minimum absolute atomic E-state index is 0.0661. The lowest BCUT2D eigenvalue weighted by Crippen LogP contribution is -2.37. The van der Waals surface area contributed by atoms with Gasteiger partial charge in [0.25, 0.3) is 0 Å². The molecule has 4 aromatic rings. The summed E-state index contributed by atoms with van der Waals surface area (Å²) in [6, 6.07) is 35.0. The fraction of sp³-hybridized carbons (Fsp3) is 0.316. The van der Waals surface area contributed by atoms with Gasteiger partial charge in [-0.15, -0.1) is 0 Å². The third kappa shape index (κ3) is 6.41. The maximum absolute atomic E-state index is 14.7. The molecule has 3 N–H and O–H groups in total. The van der Waals surface area contributed by atoms with Gasteiger partial charge < -0.3 is 11.1 Å². The lowest BCUT2D eigenvalue weighted by Gasteiger charge is -2.27. The lowest BCUT2D eigenvalue weighted by atomic mass is 9.83. The van der Waals surface area contributed by atoms with Crippen LogP contribution >= 0.6 is 0 Å². The van der Waals surface area contributed by atoms with E-state index in [1.807, 2.05) is 47.4 Å². The summed E-state index contributed by atoms with van der Waals surface area (Å²) in [5, 5.41) is 10.4. The van der Waals surface area contributed by atoms with E-state index >= 15 is 0 Å². The molecular formula is C38H43N5O. The molecule has 0 aromatic heterocycles. The van der Waals surface area contributed by atoms with E-state index in [0.29, 0.717) is 24.9 Å². The molecule has 1 saturated carbocycles. The SMILES string of the molecule is CC(C)C(N)CNc1ccc(N2C(=O)N(Cc3ccccc3-c3ccccc3)N=C(C3CCCCC3)c3ccccc32)cc1. The Hall–Kier alpha value is -4.42. The Labute approximate surface area is 261 Å². The van der Waals surface area contributed by atoms with E-state index in [1.165, 1.54) is 19.3 Å². The van der Waals surface area contributed by atoms with Crippen LogP contribution in [0.3, 0.4) is 0 Å². The van der Waals surface area contributed by atoms with Crippen molar-refractivity contribution in [2.45, 2.75) is 58.5 Å². The van der Waals surface area contributed by atoms with Crippen molar-refractivity contribution in [1.29, 1.82) is 0 Å². The molecule has 2 aliphatic rings. The molecule has 1 atom stereocenters. The van der Waals surface area contributed by atoms with Gasteiger partial charge in [-0.25, -0.2) is 9.80 Å². The fourth-order valence-electron chi connectivity index (χ4n) is 6.28. The Bertz CT molecular complexity index is 1590. The van der Waals surface area contributed by atoms with Gasteiger partial charge in [-0.05, 0) is 65.8 Å². The summed E-state index contributed by atoms with van der Waals surface area (Å²) in [5.74, 6) is 0.714. The number of amides is 2. The first-order valence-electron chi connectivity index (χ1n) is 16.0. The first-order chi connectivity index (χ1) is 21.5. The summed E-state index contributed by atoms with van der Waals surface area (Å²) < 4.78 is 0. The van der Waals surface area contributed by atoms with Crippen molar-refractivity contribution < 1.29 is 4.79 Å². The zero-order valence-corrected chi connectivity index (χ0v) is 25.8. The highest BCUT2D eigenvalue weighted by molar-refractivity contribution is 6.13. The molecule has 1 aliphatic heterocycles. The summed E-state index contributed by atoms with van der Waals surface area (Å²) in [6.07, 6.45) is 5.82. The fourth-order valence-corrected chi connectivity index (χ4v) is 6.28. The smallest absolute Gasteiger partial charge is 0.349 e. The number of carbonyl (C=O) groups is 1. The number of carbonyl (C=O) groups excluding carboxylic acids is 1. The van der Waals surface area contributed by atoms with Gasteiger partial charge in [-0.1, -0.05) is 106 Å². The molecule has 0 radical (unpaired) electrons. The quantitative estimate of drug-likeness (QED) is 0.206. The number of hydrogen-bond donors (Lipinski definition) is 2. The van der Waals surface area contributed by atoms with Crippen LogP contribution in [0.15, 0.2) is 108 Å². The summed E-state index contributed by atoms with van der Waals surface area (Å²) >= 11 is 0. The van der Waals surface area contributed by atoms with Crippen LogP contribution in [-0.4, -0.2) is 29.3 Å². The number of nitrogens with two attached hydrogens (primary N) is 1. The second-order valence-electron chi connectivity index (χ2n) is 12.4. The van der Waals surface area contributed by atoms with E-state index in [2.05, 4.69) is 79.8 Å². The van der Waals surface area contributed by atoms with Crippen LogP contribution in [-0.2, 0) is 6.54 Å². The maximum atomic E-state index is 14.7. The zero-order valence-electron chi connectivity index (χ0n) is 25.8. The molecular weight excluding hydrogens is 542 g/mol. The summed E-state index contributed by atoms with van der Waals surface area (Å²) in [6.45, 7) is 5.32. The van der Waals surface area contributed by atoms with Crippen LogP contribution in [0.4, 0.5) is 21.9 Å². The molecule has 0 spiro atoms. The topological polar surface area (TPSA) is 74.0 Å². The number of anilines is 3. The van der Waals surface area contributed by atoms with Gasteiger partial charge in [0.1, 0.15) is 0 Å². The highest BCUT2D eigenvalue weighted by Gasteiger charge is 2.34. The largest absolute Gasteiger partial charge is 0.383 e. The second kappa shape index (κ2) is 13.5. The number of fused-ring (bicyclic) bond motifs is 1. The minimum atomic E-state index is -0.159. The summed E-state index contributed by atoms with van der Waals surface area (Å²) in [7, 11) is 0. The van der Waals surface area contributed by atoms with Gasteiger partial charge in [0, 0.05) is 29.8 Å². The van der Waals surface area contributed by atoms with Gasteiger partial charge >= 0.3 is 6.03 Å². The Kier molecular flexibility index (Phi) is 9.08. The minimum Gasteiger partial charge on any atom is -0.383 e. The van der Waals surface area contributed by atoms with E-state index in [0.717, 1.165) is 57.9 Å². The Morgan fingerprint density at radius 1 is 0.818 bits per heavy atom. The summed E-state index contributed by atoms with van der Waals surface area (Å²) in [5.41, 5.74) is 14.3. The van der Waals surface area contributed by atoms with Crippen molar-refractivity contribution in [3.05, 3.63) is 114 Å². The number of para-hydroxylation sites is 1. The van der Waals surface area contributed by atoms with Gasteiger partial charge in [-0.3, -0.25) is 4.90 Å². The Balaban J connectivity index is 1.40. The summed E-state index contributed by atoms with van der Waals surface area (Å²) in [4.78, 5) is 16.5. The van der Waals surface area contributed by atoms with Crippen molar-refractivity contribution in [3.63, 3.8) is 0 Å². The van der Waals surface area contributed by atoms with Crippen molar-refractivity contribution >= 4 is 28.8 Å². The molecule has 1 heterocycles. The number of rotatable bonds is 9. The molecule has 44 heavy (non-hydrogen) atoms. The van der Waals surface area contributed by atoms with Crippen LogP contribution in [0, 0.1) is 11.8 Å². The van der Waals surface area contributed by atoms with Gasteiger partial charge in [0.2, 0.25) is 0 Å². The average molecular weight is 586 g/mol. The number of hydrogen-bond acceptors (Lipinski definition) is 4. The van der Waals surface area contributed by atoms with Gasteiger partial charge in [-0.2, -0.15) is 5.10 Å². The van der Waals surface area contributed by atoms with Crippen LogP contribution in [0.25, 0.3) is 11.1 Å². The highest BCUT2D eigenvalue weighted by atomic mass is 16.2. The first-order valence-corrected chi connectivity index (χ1v) is 16.0. The number of benzene rings is 4. The normalized spacial score (nSPS) is 16.4. The molecule has 4 aromatic carbocycles. The monoisotopic (exact) mass is 585 g/mol. The molecule has 6 rings (SSSR count). The van der Waals surface area contributed by atoms with E-state index in [-0.39, 0.29) is 12.1 Å². The van der Waals surface area contributed by atoms with E-state index in [9.17, 15) is 4.79 Å². The third-order valence-electron chi connectivity index (χ3n) is 9.00. The Morgan fingerprint density at radius 2 is 1.48 bits per heavy atom. The van der Waals surface area contributed by atoms with Crippen molar-refractivity contribution in [2.24, 2.45) is 22.7 Å². The van der Waals surface area contributed by atoms with E-state index in [4.69, 9.17) is 10.8 Å². The molecule has 6 nitrogen and oxygen atoms in total. The van der Waals surface area contributed by atoms with Crippen molar-refractivity contribution in [1.82, 2.24) is 5.01 Å². The molecule has 0 bridgehead atoms. The van der Waals surface area contributed by atoms with E-state index < -0.39 is 0 Å². The first kappa shape index (κ1) is 29.6. The van der Waals surface area contributed by atoms with Crippen LogP contribution in [0.2, 0.25) is 0 Å². The molecule has 1 aliphatic carbocycles. The second-order valence-corrected chi connectivity index (χ2v) is 12.4. The molecule has 226 valence electrons. The number of nitrogens with zero attached hydrogens (tertiary/aromatic N) is 3. The van der Waals surface area contributed by atoms with Crippen molar-refractivity contribution in [3.8, 4) is 11.1 Å². The molecule has 6 heteroatoms. The maximum Gasteiger partial charge on any atom is 0.349 e. The molecule has 1 fully saturated rings.